The molecule has 2 heterocycles. The number of aromatic nitrogens is 2. The zero-order chi connectivity index (χ0) is 13.4. The summed E-state index contributed by atoms with van der Waals surface area (Å²) in [5, 5.41) is 18.4. The van der Waals surface area contributed by atoms with Crippen molar-refractivity contribution in [2.75, 3.05) is 12.3 Å². The quantitative estimate of drug-likeness (QED) is 0.656. The number of halogens is 2. The Labute approximate surface area is 109 Å². The van der Waals surface area contributed by atoms with Gasteiger partial charge in [0, 0.05) is 6.20 Å². The number of rotatable bonds is 2. The average Bonchev–Trinajstić information content (AvgIpc) is 2.61. The highest BCUT2D eigenvalue weighted by Crippen LogP contribution is 2.31. The zero-order valence-corrected chi connectivity index (χ0v) is 10.6. The fraction of sp³-hybridized carbons (Fsp3) is 0.556. The first-order valence-corrected chi connectivity index (χ1v) is 5.87. The van der Waals surface area contributed by atoms with E-state index in [0.29, 0.717) is 4.47 Å². The van der Waals surface area contributed by atoms with Crippen molar-refractivity contribution >= 4 is 21.7 Å². The third-order valence-electron chi connectivity index (χ3n) is 2.68. The molecule has 1 aliphatic rings. The lowest BCUT2D eigenvalue weighted by molar-refractivity contribution is -0.0491. The van der Waals surface area contributed by atoms with E-state index < -0.39 is 36.9 Å². The van der Waals surface area contributed by atoms with E-state index in [0.717, 1.165) is 4.57 Å². The van der Waals surface area contributed by atoms with E-state index >= 15 is 0 Å². The van der Waals surface area contributed by atoms with Crippen LogP contribution in [-0.2, 0) is 4.74 Å². The Morgan fingerprint density at radius 3 is 2.89 bits per heavy atom. The van der Waals surface area contributed by atoms with Gasteiger partial charge in [0.1, 0.15) is 18.0 Å². The molecule has 0 radical (unpaired) electrons. The summed E-state index contributed by atoms with van der Waals surface area (Å²) in [5.74, 6) is -0.0242. The molecule has 4 N–H and O–H groups in total. The van der Waals surface area contributed by atoms with E-state index in [1.807, 2.05) is 0 Å². The lowest BCUT2D eigenvalue weighted by Gasteiger charge is -2.16. The Kier molecular flexibility index (Phi) is 3.66. The number of hydrogen-bond donors (Lipinski definition) is 3. The maximum absolute atomic E-state index is 13.8. The molecule has 1 aromatic rings. The van der Waals surface area contributed by atoms with E-state index in [-0.39, 0.29) is 5.82 Å². The molecule has 1 fully saturated rings. The van der Waals surface area contributed by atoms with E-state index in [9.17, 15) is 14.3 Å². The molecule has 1 unspecified atom stereocenters. The van der Waals surface area contributed by atoms with Gasteiger partial charge in [0.05, 0.1) is 11.1 Å². The van der Waals surface area contributed by atoms with Crippen LogP contribution in [0.25, 0.3) is 0 Å². The fourth-order valence-electron chi connectivity index (χ4n) is 1.72. The van der Waals surface area contributed by atoms with Crippen LogP contribution in [0.15, 0.2) is 15.5 Å². The number of alkyl halides is 1. The summed E-state index contributed by atoms with van der Waals surface area (Å²) >= 11 is 3.06. The maximum atomic E-state index is 13.8. The molecule has 100 valence electrons. The van der Waals surface area contributed by atoms with Crippen molar-refractivity contribution in [3.8, 4) is 0 Å². The number of ether oxygens (including phenoxy) is 1. The topological polar surface area (TPSA) is 111 Å². The molecule has 4 atom stereocenters. The Balaban J connectivity index is 2.39. The summed E-state index contributed by atoms with van der Waals surface area (Å²) in [4.78, 5) is 15.1. The summed E-state index contributed by atoms with van der Waals surface area (Å²) in [6.45, 7) is -0.545. The normalized spacial score (nSPS) is 31.8. The summed E-state index contributed by atoms with van der Waals surface area (Å²) in [6.07, 6.45) is -4.52. The van der Waals surface area contributed by atoms with Crippen molar-refractivity contribution < 1.29 is 19.3 Å². The van der Waals surface area contributed by atoms with Crippen molar-refractivity contribution in [3.05, 3.63) is 21.2 Å². The van der Waals surface area contributed by atoms with Gasteiger partial charge in [0.15, 0.2) is 12.4 Å². The average molecular weight is 323 g/mol. The van der Waals surface area contributed by atoms with Crippen molar-refractivity contribution in [2.24, 2.45) is 0 Å². The first kappa shape index (κ1) is 13.4. The number of nitrogens with zero attached hydrogens (tertiary/aromatic N) is 2. The minimum absolute atomic E-state index is 0.0242. The van der Waals surface area contributed by atoms with E-state index in [1.165, 1.54) is 6.20 Å². The largest absolute Gasteiger partial charge is 0.394 e. The van der Waals surface area contributed by atoms with Crippen LogP contribution >= 0.6 is 15.9 Å². The molecule has 1 saturated heterocycles. The molecule has 1 aromatic heterocycles. The van der Waals surface area contributed by atoms with Crippen LogP contribution in [0, 0.1) is 0 Å². The summed E-state index contributed by atoms with van der Waals surface area (Å²) in [5.41, 5.74) is 4.61. The van der Waals surface area contributed by atoms with Crippen LogP contribution in [0.1, 0.15) is 6.23 Å². The number of nitrogen functional groups attached to an aromatic ring is 1. The fourth-order valence-corrected chi connectivity index (χ4v) is 2.03. The van der Waals surface area contributed by atoms with Crippen LogP contribution in [0.4, 0.5) is 10.2 Å². The first-order chi connectivity index (χ1) is 8.45. The highest BCUT2D eigenvalue weighted by atomic mass is 79.9. The molecule has 0 spiro atoms. The second-order valence-corrected chi connectivity index (χ2v) is 4.70. The molecule has 2 rings (SSSR count). The van der Waals surface area contributed by atoms with Crippen LogP contribution < -0.4 is 11.4 Å². The molecule has 0 aromatic carbocycles. The minimum atomic E-state index is -1.84. The molecular formula is C9H11BrFN3O4. The third-order valence-corrected chi connectivity index (χ3v) is 3.29. The van der Waals surface area contributed by atoms with Gasteiger partial charge in [-0.05, 0) is 15.9 Å². The Bertz CT molecular complexity index is 511. The van der Waals surface area contributed by atoms with Crippen LogP contribution in [-0.4, -0.2) is 44.8 Å². The highest BCUT2D eigenvalue weighted by Gasteiger charge is 2.45. The molecule has 0 aliphatic carbocycles. The second kappa shape index (κ2) is 4.92. The predicted molar refractivity (Wildman–Crippen MR) is 62.5 cm³/mol. The van der Waals surface area contributed by atoms with Gasteiger partial charge >= 0.3 is 5.69 Å². The highest BCUT2D eigenvalue weighted by molar-refractivity contribution is 9.10. The number of hydrogen-bond acceptors (Lipinski definition) is 6. The summed E-state index contributed by atoms with van der Waals surface area (Å²) < 4.78 is 20.1. The minimum Gasteiger partial charge on any atom is -0.394 e. The Hall–Kier alpha value is -1.03. The van der Waals surface area contributed by atoms with Gasteiger partial charge in [-0.1, -0.05) is 0 Å². The molecular weight excluding hydrogens is 312 g/mol. The van der Waals surface area contributed by atoms with Gasteiger partial charge in [-0.15, -0.1) is 0 Å². The molecule has 18 heavy (non-hydrogen) atoms. The molecule has 7 nitrogen and oxygen atoms in total. The molecule has 0 saturated carbocycles. The number of anilines is 1. The molecule has 9 heteroatoms. The monoisotopic (exact) mass is 322 g/mol. The van der Waals surface area contributed by atoms with Gasteiger partial charge in [0.2, 0.25) is 0 Å². The Morgan fingerprint density at radius 1 is 1.67 bits per heavy atom. The van der Waals surface area contributed by atoms with Crippen molar-refractivity contribution in [2.45, 2.75) is 24.6 Å². The van der Waals surface area contributed by atoms with Crippen LogP contribution in [0.2, 0.25) is 0 Å². The lowest BCUT2D eigenvalue weighted by atomic mass is 10.1. The third kappa shape index (κ3) is 2.14. The van der Waals surface area contributed by atoms with Crippen molar-refractivity contribution in [1.29, 1.82) is 0 Å². The van der Waals surface area contributed by atoms with Crippen molar-refractivity contribution in [1.82, 2.24) is 9.55 Å². The molecule has 1 aliphatic heterocycles. The van der Waals surface area contributed by atoms with Gasteiger partial charge in [-0.25, -0.2) is 9.18 Å². The van der Waals surface area contributed by atoms with Crippen LogP contribution in [0.3, 0.4) is 0 Å². The van der Waals surface area contributed by atoms with Gasteiger partial charge in [-0.3, -0.25) is 4.57 Å². The molecule has 0 amide bonds. The van der Waals surface area contributed by atoms with E-state index in [1.54, 1.807) is 0 Å². The van der Waals surface area contributed by atoms with Crippen LogP contribution in [0.5, 0.6) is 0 Å². The van der Waals surface area contributed by atoms with Crippen molar-refractivity contribution in [3.63, 3.8) is 0 Å². The SMILES string of the molecule is Nc1nc(=O)n([C@H]2O[C@@H](CO)C(O)[C@H]2[18F])cc1Br. The second-order valence-electron chi connectivity index (χ2n) is 3.85. The smallest absolute Gasteiger partial charge is 0.351 e. The zero-order valence-electron chi connectivity index (χ0n) is 9.03. The molecule has 0 bridgehead atoms. The van der Waals surface area contributed by atoms with Gasteiger partial charge in [-0.2, -0.15) is 4.98 Å². The summed E-state index contributed by atoms with van der Waals surface area (Å²) in [7, 11) is 0. The summed E-state index contributed by atoms with van der Waals surface area (Å²) in [6, 6.07) is 0. The predicted octanol–water partition coefficient (Wildman–Crippen LogP) is -0.823. The number of nitrogens with two attached hydrogens (primary N) is 1. The van der Waals surface area contributed by atoms with Gasteiger partial charge in [0.25, 0.3) is 0 Å². The lowest BCUT2D eigenvalue weighted by Crippen LogP contribution is -2.33. The number of aliphatic hydroxyl groups excluding tert-OH is 2. The van der Waals surface area contributed by atoms with Gasteiger partial charge < -0.3 is 20.7 Å². The number of aliphatic hydroxyl groups is 2. The maximum Gasteiger partial charge on any atom is 0.351 e. The standard InChI is InChI=1S/C9H11BrFN3O4/c10-3-1-14(9(17)13-7(3)12)8-5(11)6(16)4(2-15)18-8/h1,4-6,8,15-16H,2H2,(H2,12,13,17)/t4-,5+,6?,8-/m0/s1/i11-1. The Morgan fingerprint density at radius 2 is 2.33 bits per heavy atom. The van der Waals surface area contributed by atoms with E-state index in [2.05, 4.69) is 20.9 Å². The van der Waals surface area contributed by atoms with E-state index in [4.69, 9.17) is 15.6 Å². The first-order valence-electron chi connectivity index (χ1n) is 5.08.